The van der Waals surface area contributed by atoms with Crippen LogP contribution < -0.4 is 9.62 Å². The minimum Gasteiger partial charge on any atom is -0.341 e. The molecule has 0 bridgehead atoms. The molecule has 0 spiro atoms. The zero-order valence-corrected chi connectivity index (χ0v) is 14.0. The third-order valence-electron chi connectivity index (χ3n) is 3.73. The molecule has 0 saturated carbocycles. The number of sulfonamides is 1. The molecule has 0 atom stereocenters. The maximum Gasteiger partial charge on any atom is 0.281 e. The fourth-order valence-corrected chi connectivity index (χ4v) is 3.37. The summed E-state index contributed by atoms with van der Waals surface area (Å²) in [4.78, 5) is 14.5. The van der Waals surface area contributed by atoms with Crippen LogP contribution in [0, 0.1) is 0 Å². The van der Waals surface area contributed by atoms with Crippen molar-refractivity contribution in [3.05, 3.63) is 24.9 Å². The summed E-state index contributed by atoms with van der Waals surface area (Å²) in [6.07, 6.45) is 8.25. The largest absolute Gasteiger partial charge is 0.341 e. The van der Waals surface area contributed by atoms with Crippen LogP contribution in [0.3, 0.4) is 0 Å². The summed E-state index contributed by atoms with van der Waals surface area (Å²) in [5.74, 6) is 0.634. The molecule has 1 fully saturated rings. The summed E-state index contributed by atoms with van der Waals surface area (Å²) in [6, 6.07) is 0.148. The summed E-state index contributed by atoms with van der Waals surface area (Å²) < 4.78 is 28.8. The third-order valence-corrected chi connectivity index (χ3v) is 4.99. The van der Waals surface area contributed by atoms with Gasteiger partial charge in [-0.15, -0.1) is 0 Å². The first-order chi connectivity index (χ1) is 11.0. The average molecular weight is 336 g/mol. The van der Waals surface area contributed by atoms with Crippen molar-refractivity contribution in [2.24, 2.45) is 0 Å². The lowest BCUT2D eigenvalue weighted by Crippen LogP contribution is -2.20. The van der Waals surface area contributed by atoms with Gasteiger partial charge in [0.05, 0.1) is 24.4 Å². The van der Waals surface area contributed by atoms with Gasteiger partial charge >= 0.3 is 0 Å². The molecule has 1 N–H and O–H groups in total. The number of anilines is 2. The highest BCUT2D eigenvalue weighted by atomic mass is 32.2. The number of nitrogens with one attached hydrogen (secondary N) is 1. The Kier molecular flexibility index (Phi) is 4.20. The Morgan fingerprint density at radius 1 is 1.13 bits per heavy atom. The molecule has 1 aliphatic rings. The van der Waals surface area contributed by atoms with E-state index in [0.717, 1.165) is 25.9 Å². The molecule has 2 aromatic heterocycles. The fraction of sp³-hybridized carbons (Fsp3) is 0.500. The Morgan fingerprint density at radius 3 is 2.35 bits per heavy atom. The van der Waals surface area contributed by atoms with Crippen LogP contribution in [0.2, 0.25) is 0 Å². The summed E-state index contributed by atoms with van der Waals surface area (Å²) in [7, 11) is -3.73. The smallest absolute Gasteiger partial charge is 0.281 e. The first kappa shape index (κ1) is 15.7. The fourth-order valence-electron chi connectivity index (χ4n) is 2.40. The van der Waals surface area contributed by atoms with E-state index in [4.69, 9.17) is 0 Å². The van der Waals surface area contributed by atoms with Gasteiger partial charge in [-0.1, -0.05) is 0 Å². The molecular formula is C14H20N6O2S. The van der Waals surface area contributed by atoms with Crippen LogP contribution in [-0.2, 0) is 10.0 Å². The van der Waals surface area contributed by atoms with Gasteiger partial charge in [0.2, 0.25) is 5.95 Å². The van der Waals surface area contributed by atoms with Crippen LogP contribution in [0.15, 0.2) is 29.9 Å². The van der Waals surface area contributed by atoms with E-state index in [1.54, 1.807) is 4.57 Å². The summed E-state index contributed by atoms with van der Waals surface area (Å²) in [6.45, 7) is 5.79. The van der Waals surface area contributed by atoms with Crippen LogP contribution in [0.25, 0.3) is 0 Å². The number of hydrogen-bond acceptors (Lipinski definition) is 6. The zero-order chi connectivity index (χ0) is 16.4. The third kappa shape index (κ3) is 3.44. The van der Waals surface area contributed by atoms with Gasteiger partial charge < -0.3 is 9.47 Å². The van der Waals surface area contributed by atoms with E-state index in [9.17, 15) is 8.42 Å². The first-order valence-electron chi connectivity index (χ1n) is 7.59. The maximum atomic E-state index is 12.3. The van der Waals surface area contributed by atoms with Crippen molar-refractivity contribution in [3.63, 3.8) is 0 Å². The minimum absolute atomic E-state index is 0.0187. The summed E-state index contributed by atoms with van der Waals surface area (Å²) >= 11 is 0. The second-order valence-electron chi connectivity index (χ2n) is 5.82. The Balaban J connectivity index is 1.74. The molecule has 0 amide bonds. The quantitative estimate of drug-likeness (QED) is 0.892. The highest BCUT2D eigenvalue weighted by Crippen LogP contribution is 2.18. The Hall–Kier alpha value is -2.16. The molecule has 3 rings (SSSR count). The topological polar surface area (TPSA) is 93.0 Å². The number of aromatic nitrogens is 4. The van der Waals surface area contributed by atoms with E-state index >= 15 is 0 Å². The Morgan fingerprint density at radius 2 is 1.78 bits per heavy atom. The molecular weight excluding hydrogens is 316 g/mol. The van der Waals surface area contributed by atoms with Crippen molar-refractivity contribution in [3.8, 4) is 0 Å². The van der Waals surface area contributed by atoms with E-state index in [1.807, 2.05) is 13.8 Å². The van der Waals surface area contributed by atoms with Gasteiger partial charge in [-0.25, -0.2) is 15.0 Å². The lowest BCUT2D eigenvalue weighted by Gasteiger charge is -2.14. The molecule has 9 heteroatoms. The number of rotatable bonds is 5. The number of nitrogens with zero attached hydrogens (tertiary/aromatic N) is 5. The monoisotopic (exact) mass is 336 g/mol. The molecule has 8 nitrogen and oxygen atoms in total. The van der Waals surface area contributed by atoms with Gasteiger partial charge in [0, 0.05) is 25.3 Å². The highest BCUT2D eigenvalue weighted by molar-refractivity contribution is 7.92. The van der Waals surface area contributed by atoms with E-state index in [2.05, 4.69) is 24.6 Å². The van der Waals surface area contributed by atoms with Crippen LogP contribution in [0.1, 0.15) is 32.7 Å². The molecule has 3 heterocycles. The van der Waals surface area contributed by atoms with Gasteiger partial charge in [0.15, 0.2) is 5.03 Å². The number of hydrogen-bond donors (Lipinski definition) is 1. The predicted molar refractivity (Wildman–Crippen MR) is 86.9 cm³/mol. The van der Waals surface area contributed by atoms with Gasteiger partial charge in [-0.2, -0.15) is 8.42 Å². The summed E-state index contributed by atoms with van der Waals surface area (Å²) in [5.41, 5.74) is 0.326. The zero-order valence-electron chi connectivity index (χ0n) is 13.2. The molecule has 23 heavy (non-hydrogen) atoms. The van der Waals surface area contributed by atoms with Crippen molar-refractivity contribution < 1.29 is 8.42 Å². The predicted octanol–water partition coefficient (Wildman–Crippen LogP) is 1.65. The van der Waals surface area contributed by atoms with Crippen molar-refractivity contribution >= 4 is 21.7 Å². The second-order valence-corrected chi connectivity index (χ2v) is 7.45. The van der Waals surface area contributed by atoms with Crippen LogP contribution in [-0.4, -0.2) is 41.0 Å². The van der Waals surface area contributed by atoms with Crippen molar-refractivity contribution in [2.75, 3.05) is 22.7 Å². The summed E-state index contributed by atoms with van der Waals surface area (Å²) in [5, 5.41) is -0.0187. The molecule has 1 aliphatic heterocycles. The molecule has 1 saturated heterocycles. The standard InChI is InChI=1S/C14H20N6O2S/c1-11(2)20-9-13(17-10-20)23(21,22)18-12-7-15-14(16-8-12)19-5-3-4-6-19/h7-11,18H,3-6H2,1-2H3. The first-order valence-corrected chi connectivity index (χ1v) is 9.07. The van der Waals surface area contributed by atoms with Gasteiger partial charge in [0.25, 0.3) is 10.0 Å². The molecule has 0 unspecified atom stereocenters. The van der Waals surface area contributed by atoms with Crippen LogP contribution in [0.4, 0.5) is 11.6 Å². The lowest BCUT2D eigenvalue weighted by atomic mass is 10.4. The molecule has 0 radical (unpaired) electrons. The van der Waals surface area contributed by atoms with Gasteiger partial charge in [-0.3, -0.25) is 4.72 Å². The highest BCUT2D eigenvalue weighted by Gasteiger charge is 2.19. The van der Waals surface area contributed by atoms with Crippen molar-refractivity contribution in [2.45, 2.75) is 37.8 Å². The SMILES string of the molecule is CC(C)n1cnc(S(=O)(=O)Nc2cnc(N3CCCC3)nc2)c1. The molecule has 124 valence electrons. The van der Waals surface area contributed by atoms with Crippen LogP contribution >= 0.6 is 0 Å². The van der Waals surface area contributed by atoms with Gasteiger partial charge in [-0.05, 0) is 26.7 Å². The Bertz CT molecular complexity index is 763. The maximum absolute atomic E-state index is 12.3. The molecule has 0 aromatic carbocycles. The van der Waals surface area contributed by atoms with E-state index < -0.39 is 10.0 Å². The van der Waals surface area contributed by atoms with E-state index in [0.29, 0.717) is 11.6 Å². The van der Waals surface area contributed by atoms with Crippen molar-refractivity contribution in [1.82, 2.24) is 19.5 Å². The minimum atomic E-state index is -3.73. The van der Waals surface area contributed by atoms with Gasteiger partial charge in [0.1, 0.15) is 0 Å². The number of imidazole rings is 1. The second kappa shape index (κ2) is 6.15. The van der Waals surface area contributed by atoms with E-state index in [1.165, 1.54) is 24.9 Å². The van der Waals surface area contributed by atoms with Crippen molar-refractivity contribution in [1.29, 1.82) is 0 Å². The lowest BCUT2D eigenvalue weighted by molar-refractivity contribution is 0.591. The Labute approximate surface area is 135 Å². The molecule has 2 aromatic rings. The normalized spacial score (nSPS) is 15.3. The average Bonchev–Trinajstić information content (AvgIpc) is 3.20. The van der Waals surface area contributed by atoms with Crippen LogP contribution in [0.5, 0.6) is 0 Å². The molecule has 0 aliphatic carbocycles. The van der Waals surface area contributed by atoms with E-state index in [-0.39, 0.29) is 11.1 Å².